The van der Waals surface area contributed by atoms with E-state index >= 15 is 0 Å². The number of piperazine rings is 1. The van der Waals surface area contributed by atoms with Crippen LogP contribution in [0.25, 0.3) is 0 Å². The molecule has 0 radical (unpaired) electrons. The number of hydrogen-bond donors (Lipinski definition) is 1. The first kappa shape index (κ1) is 16.2. The summed E-state index contributed by atoms with van der Waals surface area (Å²) in [5.41, 5.74) is -1.40. The molecule has 0 aromatic rings. The number of rotatable bonds is 1. The van der Waals surface area contributed by atoms with Gasteiger partial charge in [-0.15, -0.1) is 0 Å². The summed E-state index contributed by atoms with van der Waals surface area (Å²) in [5.74, 6) is -1.62. The SMILES string of the molecule is CC1CC12CN(C(=O)C(F)(F)F)C1(CC1)CN2C(=O)C1CCCN1. The molecule has 134 valence electrons. The van der Waals surface area contributed by atoms with Crippen molar-refractivity contribution in [3.8, 4) is 0 Å². The van der Waals surface area contributed by atoms with Gasteiger partial charge in [-0.25, -0.2) is 0 Å². The second-order valence-electron chi connectivity index (χ2n) is 7.90. The van der Waals surface area contributed by atoms with Crippen molar-refractivity contribution < 1.29 is 22.8 Å². The van der Waals surface area contributed by atoms with Gasteiger partial charge in [-0.3, -0.25) is 9.59 Å². The van der Waals surface area contributed by atoms with E-state index in [2.05, 4.69) is 5.32 Å². The topological polar surface area (TPSA) is 52.7 Å². The molecule has 4 rings (SSSR count). The zero-order chi connectivity index (χ0) is 17.3. The summed E-state index contributed by atoms with van der Waals surface area (Å²) in [4.78, 5) is 27.7. The molecule has 8 heteroatoms. The Labute approximate surface area is 138 Å². The van der Waals surface area contributed by atoms with Crippen molar-refractivity contribution in [1.29, 1.82) is 0 Å². The summed E-state index contributed by atoms with van der Waals surface area (Å²) in [6.45, 7) is 3.02. The highest BCUT2D eigenvalue weighted by molar-refractivity contribution is 5.86. The second-order valence-corrected chi connectivity index (χ2v) is 7.90. The number of halogens is 3. The summed E-state index contributed by atoms with van der Waals surface area (Å²) in [7, 11) is 0. The molecular weight excluding hydrogens is 323 g/mol. The molecule has 24 heavy (non-hydrogen) atoms. The van der Waals surface area contributed by atoms with Crippen molar-refractivity contribution in [2.45, 2.75) is 62.3 Å². The molecule has 2 saturated carbocycles. The highest BCUT2D eigenvalue weighted by Gasteiger charge is 2.69. The van der Waals surface area contributed by atoms with E-state index in [1.807, 2.05) is 11.8 Å². The molecule has 2 aliphatic carbocycles. The Morgan fingerprint density at radius 1 is 1.17 bits per heavy atom. The van der Waals surface area contributed by atoms with Gasteiger partial charge in [0, 0.05) is 13.1 Å². The minimum absolute atomic E-state index is 0.00207. The van der Waals surface area contributed by atoms with Crippen LogP contribution in [0.5, 0.6) is 0 Å². The van der Waals surface area contributed by atoms with Gasteiger partial charge in [0.2, 0.25) is 5.91 Å². The van der Waals surface area contributed by atoms with Crippen molar-refractivity contribution in [2.24, 2.45) is 5.92 Å². The van der Waals surface area contributed by atoms with E-state index in [0.717, 1.165) is 24.3 Å². The minimum Gasteiger partial charge on any atom is -0.331 e. The van der Waals surface area contributed by atoms with Crippen LogP contribution >= 0.6 is 0 Å². The Balaban J connectivity index is 1.61. The van der Waals surface area contributed by atoms with Gasteiger partial charge >= 0.3 is 12.1 Å². The minimum atomic E-state index is -4.85. The number of nitrogens with one attached hydrogen (secondary N) is 1. The van der Waals surface area contributed by atoms with E-state index in [4.69, 9.17) is 0 Å². The third-order valence-corrected chi connectivity index (χ3v) is 6.35. The van der Waals surface area contributed by atoms with Crippen LogP contribution in [0.3, 0.4) is 0 Å². The molecule has 0 aromatic carbocycles. The lowest BCUT2D eigenvalue weighted by atomic mass is 9.98. The van der Waals surface area contributed by atoms with Gasteiger partial charge in [0.1, 0.15) is 0 Å². The molecule has 4 aliphatic rings. The third kappa shape index (κ3) is 2.25. The molecule has 2 heterocycles. The number of carbonyl (C=O) groups excluding carboxylic acids is 2. The lowest BCUT2D eigenvalue weighted by Crippen LogP contribution is -2.67. The van der Waals surface area contributed by atoms with Crippen molar-refractivity contribution in [2.75, 3.05) is 19.6 Å². The van der Waals surface area contributed by atoms with Gasteiger partial charge in [-0.1, -0.05) is 6.92 Å². The zero-order valence-electron chi connectivity index (χ0n) is 13.7. The van der Waals surface area contributed by atoms with E-state index in [1.54, 1.807) is 0 Å². The number of carbonyl (C=O) groups is 2. The van der Waals surface area contributed by atoms with Crippen LogP contribution in [0.15, 0.2) is 0 Å². The normalized spacial score (nSPS) is 37.2. The molecule has 2 amide bonds. The molecular formula is C16H22F3N3O2. The first-order valence-corrected chi connectivity index (χ1v) is 8.63. The first-order valence-electron chi connectivity index (χ1n) is 8.63. The molecule has 2 spiro atoms. The van der Waals surface area contributed by atoms with Crippen LogP contribution in [0.2, 0.25) is 0 Å². The van der Waals surface area contributed by atoms with E-state index < -0.39 is 23.2 Å². The largest absolute Gasteiger partial charge is 0.471 e. The molecule has 2 aliphatic heterocycles. The average molecular weight is 345 g/mol. The molecule has 1 N–H and O–H groups in total. The lowest BCUT2D eigenvalue weighted by molar-refractivity contribution is -0.194. The van der Waals surface area contributed by atoms with E-state index in [9.17, 15) is 22.8 Å². The van der Waals surface area contributed by atoms with Gasteiger partial charge in [0.05, 0.1) is 17.1 Å². The molecule has 3 atom stereocenters. The molecule has 4 fully saturated rings. The van der Waals surface area contributed by atoms with Gasteiger partial charge in [-0.2, -0.15) is 13.2 Å². The van der Waals surface area contributed by atoms with Crippen molar-refractivity contribution >= 4 is 11.8 Å². The zero-order valence-corrected chi connectivity index (χ0v) is 13.7. The molecule has 0 bridgehead atoms. The van der Waals surface area contributed by atoms with E-state index in [0.29, 0.717) is 19.3 Å². The fourth-order valence-corrected chi connectivity index (χ4v) is 4.53. The molecule has 5 nitrogen and oxygen atoms in total. The monoisotopic (exact) mass is 345 g/mol. The summed E-state index contributed by atoms with van der Waals surface area (Å²) in [6, 6.07) is -0.227. The summed E-state index contributed by atoms with van der Waals surface area (Å²) in [6.07, 6.45) is -1.38. The number of hydrogen-bond acceptors (Lipinski definition) is 3. The fraction of sp³-hybridized carbons (Fsp3) is 0.875. The smallest absolute Gasteiger partial charge is 0.331 e. The Kier molecular flexibility index (Phi) is 3.28. The van der Waals surface area contributed by atoms with Gasteiger partial charge in [-0.05, 0) is 44.6 Å². The van der Waals surface area contributed by atoms with Gasteiger partial charge < -0.3 is 15.1 Å². The van der Waals surface area contributed by atoms with Crippen molar-refractivity contribution in [1.82, 2.24) is 15.1 Å². The van der Waals surface area contributed by atoms with Crippen LogP contribution in [0.4, 0.5) is 13.2 Å². The quantitative estimate of drug-likeness (QED) is 0.779. The Morgan fingerprint density at radius 2 is 1.83 bits per heavy atom. The first-order chi connectivity index (χ1) is 11.2. The highest BCUT2D eigenvalue weighted by atomic mass is 19.4. The molecule has 2 saturated heterocycles. The summed E-state index contributed by atoms with van der Waals surface area (Å²) < 4.78 is 39.0. The van der Waals surface area contributed by atoms with Crippen LogP contribution in [-0.2, 0) is 9.59 Å². The van der Waals surface area contributed by atoms with Crippen molar-refractivity contribution in [3.63, 3.8) is 0 Å². The fourth-order valence-electron chi connectivity index (χ4n) is 4.53. The Hall–Kier alpha value is -1.31. The second kappa shape index (κ2) is 4.86. The molecule has 0 aromatic heterocycles. The number of amides is 2. The van der Waals surface area contributed by atoms with Gasteiger partial charge in [0.25, 0.3) is 0 Å². The van der Waals surface area contributed by atoms with Crippen LogP contribution in [-0.4, -0.2) is 64.5 Å². The number of alkyl halides is 3. The Morgan fingerprint density at radius 3 is 2.29 bits per heavy atom. The third-order valence-electron chi connectivity index (χ3n) is 6.35. The maximum atomic E-state index is 13.0. The van der Waals surface area contributed by atoms with Crippen LogP contribution in [0, 0.1) is 5.92 Å². The lowest BCUT2D eigenvalue weighted by Gasteiger charge is -2.49. The van der Waals surface area contributed by atoms with Crippen LogP contribution in [0.1, 0.15) is 39.0 Å². The van der Waals surface area contributed by atoms with E-state index in [1.165, 1.54) is 0 Å². The standard InChI is InChI=1S/C16H22F3N3O2/c1-10-7-15(10)9-22(13(24)16(17,18)19)14(4-5-14)8-21(15)12(23)11-3-2-6-20-11/h10-11,20H,2-9H2,1H3. The number of nitrogens with zero attached hydrogens (tertiary/aromatic N) is 2. The maximum Gasteiger partial charge on any atom is 0.471 e. The van der Waals surface area contributed by atoms with Crippen LogP contribution < -0.4 is 5.32 Å². The van der Waals surface area contributed by atoms with Gasteiger partial charge in [0.15, 0.2) is 0 Å². The summed E-state index contributed by atoms with van der Waals surface area (Å²) >= 11 is 0. The highest BCUT2D eigenvalue weighted by Crippen LogP contribution is 2.58. The van der Waals surface area contributed by atoms with Crippen molar-refractivity contribution in [3.05, 3.63) is 0 Å². The predicted octanol–water partition coefficient (Wildman–Crippen LogP) is 1.28. The predicted molar refractivity (Wildman–Crippen MR) is 79.0 cm³/mol. The maximum absolute atomic E-state index is 13.0. The molecule has 3 unspecified atom stereocenters. The average Bonchev–Trinajstić information content (AvgIpc) is 3.32. The summed E-state index contributed by atoms with van der Waals surface area (Å²) in [5, 5.41) is 3.19. The van der Waals surface area contributed by atoms with E-state index in [-0.39, 0.29) is 31.0 Å². The Bertz CT molecular complexity index is 584.